The van der Waals surface area contributed by atoms with Crippen LogP contribution in [-0.4, -0.2) is 18.9 Å². The summed E-state index contributed by atoms with van der Waals surface area (Å²) >= 11 is 0. The van der Waals surface area contributed by atoms with E-state index >= 15 is 0 Å². The summed E-state index contributed by atoms with van der Waals surface area (Å²) < 4.78 is 0. The van der Waals surface area contributed by atoms with Crippen molar-refractivity contribution in [1.29, 1.82) is 0 Å². The molecule has 82 valence electrons. The van der Waals surface area contributed by atoms with Gasteiger partial charge >= 0.3 is 0 Å². The Balaban J connectivity index is 2.21. The van der Waals surface area contributed by atoms with Crippen LogP contribution in [0.4, 0.5) is 0 Å². The fourth-order valence-electron chi connectivity index (χ4n) is 2.11. The number of nitrogens with one attached hydrogen (secondary N) is 1. The van der Waals surface area contributed by atoms with E-state index in [1.807, 2.05) is 0 Å². The number of ketones is 1. The van der Waals surface area contributed by atoms with E-state index in [9.17, 15) is 4.79 Å². The van der Waals surface area contributed by atoms with Crippen LogP contribution in [0, 0.1) is 17.8 Å². The molecule has 1 rings (SSSR count). The average molecular weight is 197 g/mol. The molecule has 0 aromatic carbocycles. The summed E-state index contributed by atoms with van der Waals surface area (Å²) in [6.45, 7) is 8.52. The second-order valence-corrected chi connectivity index (χ2v) is 4.99. The predicted molar refractivity (Wildman–Crippen MR) is 59.2 cm³/mol. The first kappa shape index (κ1) is 11.7. The Hall–Kier alpha value is -0.370. The van der Waals surface area contributed by atoms with Crippen LogP contribution in [0.5, 0.6) is 0 Å². The topological polar surface area (TPSA) is 29.1 Å². The van der Waals surface area contributed by atoms with Crippen LogP contribution in [0.25, 0.3) is 0 Å². The molecule has 0 spiro atoms. The maximum absolute atomic E-state index is 11.8. The molecular formula is C12H23NO. The minimum atomic E-state index is 0.294. The summed E-state index contributed by atoms with van der Waals surface area (Å²) in [5.41, 5.74) is 0. The fraction of sp³-hybridized carbons (Fsp3) is 0.917. The summed E-state index contributed by atoms with van der Waals surface area (Å²) in [5, 5.41) is 3.28. The van der Waals surface area contributed by atoms with Crippen molar-refractivity contribution in [2.75, 3.05) is 13.1 Å². The van der Waals surface area contributed by atoms with Crippen LogP contribution < -0.4 is 5.32 Å². The lowest BCUT2D eigenvalue weighted by molar-refractivity contribution is -0.123. The van der Waals surface area contributed by atoms with Crippen molar-refractivity contribution in [3.63, 3.8) is 0 Å². The van der Waals surface area contributed by atoms with E-state index in [1.54, 1.807) is 0 Å². The molecule has 1 heterocycles. The predicted octanol–water partition coefficient (Wildman–Crippen LogP) is 2.24. The lowest BCUT2D eigenvalue weighted by Crippen LogP contribution is -2.21. The highest BCUT2D eigenvalue weighted by Crippen LogP contribution is 2.19. The van der Waals surface area contributed by atoms with Crippen LogP contribution >= 0.6 is 0 Å². The summed E-state index contributed by atoms with van der Waals surface area (Å²) in [7, 11) is 0. The Kier molecular flexibility index (Phi) is 4.59. The van der Waals surface area contributed by atoms with E-state index in [-0.39, 0.29) is 0 Å². The maximum atomic E-state index is 11.8. The third kappa shape index (κ3) is 3.41. The number of rotatable bonds is 5. The zero-order valence-corrected chi connectivity index (χ0v) is 9.68. The Bertz CT molecular complexity index is 189. The molecule has 2 unspecified atom stereocenters. The number of Topliss-reactive ketones (excluding diaryl/α,β-unsaturated/α-hetero) is 1. The third-order valence-corrected chi connectivity index (χ3v) is 3.14. The van der Waals surface area contributed by atoms with Crippen LogP contribution in [-0.2, 0) is 4.79 Å². The maximum Gasteiger partial charge on any atom is 0.137 e. The van der Waals surface area contributed by atoms with Gasteiger partial charge in [-0.25, -0.2) is 0 Å². The summed E-state index contributed by atoms with van der Waals surface area (Å²) in [4.78, 5) is 11.8. The van der Waals surface area contributed by atoms with Crippen LogP contribution in [0.15, 0.2) is 0 Å². The van der Waals surface area contributed by atoms with Gasteiger partial charge in [-0.2, -0.15) is 0 Å². The van der Waals surface area contributed by atoms with E-state index < -0.39 is 0 Å². The summed E-state index contributed by atoms with van der Waals surface area (Å²) in [5.74, 6) is 2.04. The average Bonchev–Trinajstić information content (AvgIpc) is 2.50. The fourth-order valence-corrected chi connectivity index (χ4v) is 2.11. The van der Waals surface area contributed by atoms with Gasteiger partial charge in [0, 0.05) is 18.9 Å². The number of hydrogen-bond donors (Lipinski definition) is 1. The lowest BCUT2D eigenvalue weighted by atomic mass is 9.90. The van der Waals surface area contributed by atoms with E-state index in [1.165, 1.54) is 6.42 Å². The second kappa shape index (κ2) is 5.50. The molecule has 2 heteroatoms. The van der Waals surface area contributed by atoms with E-state index in [4.69, 9.17) is 0 Å². The SMILES string of the molecule is CC(C)CCCC(=O)C1CNCC1C. The van der Waals surface area contributed by atoms with Crippen molar-refractivity contribution in [3.05, 3.63) is 0 Å². The summed E-state index contributed by atoms with van der Waals surface area (Å²) in [6.07, 6.45) is 3.04. The van der Waals surface area contributed by atoms with Crippen LogP contribution in [0.1, 0.15) is 40.0 Å². The minimum Gasteiger partial charge on any atom is -0.316 e. The van der Waals surface area contributed by atoms with Crippen molar-refractivity contribution >= 4 is 5.78 Å². The van der Waals surface area contributed by atoms with E-state index in [0.717, 1.165) is 31.8 Å². The molecule has 1 aliphatic heterocycles. The normalized spacial score (nSPS) is 27.1. The Morgan fingerprint density at radius 3 is 2.64 bits per heavy atom. The molecule has 0 radical (unpaired) electrons. The number of carbonyl (C=O) groups is 1. The molecular weight excluding hydrogens is 174 g/mol. The molecule has 0 aromatic rings. The van der Waals surface area contributed by atoms with Crippen LogP contribution in [0.3, 0.4) is 0 Å². The zero-order valence-electron chi connectivity index (χ0n) is 9.68. The van der Waals surface area contributed by atoms with Gasteiger partial charge in [0.2, 0.25) is 0 Å². The lowest BCUT2D eigenvalue weighted by Gasteiger charge is -2.12. The Morgan fingerprint density at radius 1 is 1.43 bits per heavy atom. The monoisotopic (exact) mass is 197 g/mol. The standard InChI is InChI=1S/C12H23NO/c1-9(2)5-4-6-12(14)11-8-13-7-10(11)3/h9-11,13H,4-8H2,1-3H3. The van der Waals surface area contributed by atoms with Crippen molar-refractivity contribution in [2.24, 2.45) is 17.8 Å². The van der Waals surface area contributed by atoms with Crippen LogP contribution in [0.2, 0.25) is 0 Å². The van der Waals surface area contributed by atoms with Gasteiger partial charge in [-0.1, -0.05) is 27.2 Å². The van der Waals surface area contributed by atoms with Crippen molar-refractivity contribution in [3.8, 4) is 0 Å². The number of carbonyl (C=O) groups excluding carboxylic acids is 1. The molecule has 1 aliphatic rings. The second-order valence-electron chi connectivity index (χ2n) is 4.99. The first-order chi connectivity index (χ1) is 6.61. The molecule has 1 saturated heterocycles. The highest BCUT2D eigenvalue weighted by molar-refractivity contribution is 5.81. The molecule has 2 atom stereocenters. The van der Waals surface area contributed by atoms with E-state index in [0.29, 0.717) is 17.6 Å². The molecule has 0 aliphatic carbocycles. The molecule has 1 fully saturated rings. The minimum absolute atomic E-state index is 0.294. The Morgan fingerprint density at radius 2 is 2.14 bits per heavy atom. The first-order valence-electron chi connectivity index (χ1n) is 5.84. The van der Waals surface area contributed by atoms with E-state index in [2.05, 4.69) is 26.1 Å². The van der Waals surface area contributed by atoms with Gasteiger partial charge in [-0.3, -0.25) is 4.79 Å². The van der Waals surface area contributed by atoms with Crippen molar-refractivity contribution in [1.82, 2.24) is 5.32 Å². The molecule has 2 nitrogen and oxygen atoms in total. The first-order valence-corrected chi connectivity index (χ1v) is 5.84. The van der Waals surface area contributed by atoms with Gasteiger partial charge in [0.25, 0.3) is 0 Å². The van der Waals surface area contributed by atoms with Crippen molar-refractivity contribution in [2.45, 2.75) is 40.0 Å². The van der Waals surface area contributed by atoms with Crippen molar-refractivity contribution < 1.29 is 4.79 Å². The zero-order chi connectivity index (χ0) is 10.6. The molecule has 0 aromatic heterocycles. The van der Waals surface area contributed by atoms with Gasteiger partial charge < -0.3 is 5.32 Å². The largest absolute Gasteiger partial charge is 0.316 e. The number of hydrogen-bond acceptors (Lipinski definition) is 2. The van der Waals surface area contributed by atoms with Gasteiger partial charge in [0.05, 0.1) is 0 Å². The van der Waals surface area contributed by atoms with Gasteiger partial charge in [0.1, 0.15) is 5.78 Å². The summed E-state index contributed by atoms with van der Waals surface area (Å²) in [6, 6.07) is 0. The highest BCUT2D eigenvalue weighted by atomic mass is 16.1. The van der Waals surface area contributed by atoms with Gasteiger partial charge in [0.15, 0.2) is 0 Å². The van der Waals surface area contributed by atoms with Gasteiger partial charge in [-0.15, -0.1) is 0 Å². The molecule has 0 saturated carbocycles. The third-order valence-electron chi connectivity index (χ3n) is 3.14. The molecule has 0 bridgehead atoms. The smallest absolute Gasteiger partial charge is 0.137 e. The quantitative estimate of drug-likeness (QED) is 0.732. The molecule has 14 heavy (non-hydrogen) atoms. The highest BCUT2D eigenvalue weighted by Gasteiger charge is 2.28. The molecule has 1 N–H and O–H groups in total. The molecule has 0 amide bonds. The van der Waals surface area contributed by atoms with Gasteiger partial charge in [-0.05, 0) is 24.8 Å². The Labute approximate surface area is 87.5 Å².